The zero-order chi connectivity index (χ0) is 12.0. The second-order valence-corrected chi connectivity index (χ2v) is 4.10. The van der Waals surface area contributed by atoms with Gasteiger partial charge in [0.15, 0.2) is 0 Å². The smallest absolute Gasteiger partial charge is 0.139 e. The van der Waals surface area contributed by atoms with Gasteiger partial charge in [0.25, 0.3) is 0 Å². The monoisotopic (exact) mass is 257 g/mol. The summed E-state index contributed by atoms with van der Waals surface area (Å²) >= 11 is 11.9. The van der Waals surface area contributed by atoms with Crippen LogP contribution in [0.2, 0.25) is 10.0 Å². The second-order valence-electron chi connectivity index (χ2n) is 3.32. The minimum atomic E-state index is -0.0238. The summed E-state index contributed by atoms with van der Waals surface area (Å²) in [5, 5.41) is 3.98. The van der Waals surface area contributed by atoms with Crippen molar-refractivity contribution in [2.75, 3.05) is 13.1 Å². The van der Waals surface area contributed by atoms with Crippen LogP contribution in [0, 0.1) is 12.3 Å². The number of hydrogen-bond donors (Lipinski definition) is 1. The van der Waals surface area contributed by atoms with E-state index in [0.29, 0.717) is 28.9 Å². The standard InChI is InChI=1S/C12H13Cl2NO/c1-3-7-15-8-9(2)16-11-6-4-5-10(13)12(11)14/h1,4-6,9,15H,7-8H2,2H3. The maximum Gasteiger partial charge on any atom is 0.139 e. The van der Waals surface area contributed by atoms with Gasteiger partial charge in [-0.25, -0.2) is 0 Å². The molecule has 0 fully saturated rings. The maximum atomic E-state index is 5.99. The molecule has 1 aromatic rings. The molecule has 0 aliphatic heterocycles. The van der Waals surface area contributed by atoms with Gasteiger partial charge in [0.2, 0.25) is 0 Å². The molecule has 0 aliphatic rings. The highest BCUT2D eigenvalue weighted by Crippen LogP contribution is 2.31. The highest BCUT2D eigenvalue weighted by molar-refractivity contribution is 6.42. The number of ether oxygens (including phenoxy) is 1. The molecule has 0 aromatic heterocycles. The summed E-state index contributed by atoms with van der Waals surface area (Å²) < 4.78 is 5.63. The van der Waals surface area contributed by atoms with Crippen molar-refractivity contribution in [1.82, 2.24) is 5.32 Å². The average Bonchev–Trinajstić information content (AvgIpc) is 2.25. The van der Waals surface area contributed by atoms with E-state index in [0.717, 1.165) is 0 Å². The molecule has 1 unspecified atom stereocenters. The van der Waals surface area contributed by atoms with E-state index in [2.05, 4.69) is 11.2 Å². The van der Waals surface area contributed by atoms with Gasteiger partial charge >= 0.3 is 0 Å². The minimum absolute atomic E-state index is 0.0238. The fraction of sp³-hybridized carbons (Fsp3) is 0.333. The predicted octanol–water partition coefficient (Wildman–Crippen LogP) is 2.98. The van der Waals surface area contributed by atoms with Gasteiger partial charge < -0.3 is 10.1 Å². The number of halogens is 2. The third-order valence-electron chi connectivity index (χ3n) is 1.90. The number of terminal acetylenes is 1. The molecule has 16 heavy (non-hydrogen) atoms. The van der Waals surface area contributed by atoms with Gasteiger partial charge in [0.1, 0.15) is 16.9 Å². The van der Waals surface area contributed by atoms with Crippen molar-refractivity contribution in [3.8, 4) is 18.1 Å². The van der Waals surface area contributed by atoms with Crippen LogP contribution in [0.1, 0.15) is 6.92 Å². The molecule has 0 heterocycles. The van der Waals surface area contributed by atoms with Crippen molar-refractivity contribution in [3.63, 3.8) is 0 Å². The molecular weight excluding hydrogens is 245 g/mol. The Balaban J connectivity index is 2.53. The summed E-state index contributed by atoms with van der Waals surface area (Å²) in [5.41, 5.74) is 0. The maximum absolute atomic E-state index is 5.99. The Morgan fingerprint density at radius 2 is 2.25 bits per heavy atom. The Bertz CT molecular complexity index is 387. The summed E-state index contributed by atoms with van der Waals surface area (Å²) in [7, 11) is 0. The van der Waals surface area contributed by atoms with Crippen LogP contribution in [0.5, 0.6) is 5.75 Å². The quantitative estimate of drug-likeness (QED) is 0.647. The zero-order valence-electron chi connectivity index (χ0n) is 8.97. The van der Waals surface area contributed by atoms with Crippen LogP contribution >= 0.6 is 23.2 Å². The zero-order valence-corrected chi connectivity index (χ0v) is 10.5. The van der Waals surface area contributed by atoms with Gasteiger partial charge in [-0.3, -0.25) is 0 Å². The van der Waals surface area contributed by atoms with Gasteiger partial charge in [0.05, 0.1) is 11.6 Å². The first-order chi connectivity index (χ1) is 7.65. The minimum Gasteiger partial charge on any atom is -0.488 e. The van der Waals surface area contributed by atoms with Crippen molar-refractivity contribution in [2.24, 2.45) is 0 Å². The van der Waals surface area contributed by atoms with Crippen molar-refractivity contribution in [3.05, 3.63) is 28.2 Å². The Morgan fingerprint density at radius 3 is 2.94 bits per heavy atom. The molecule has 4 heteroatoms. The predicted molar refractivity (Wildman–Crippen MR) is 68.3 cm³/mol. The molecule has 2 nitrogen and oxygen atoms in total. The molecule has 0 bridgehead atoms. The lowest BCUT2D eigenvalue weighted by Gasteiger charge is -2.16. The third-order valence-corrected chi connectivity index (χ3v) is 2.70. The molecule has 0 amide bonds. The van der Waals surface area contributed by atoms with Crippen LogP contribution in [-0.4, -0.2) is 19.2 Å². The van der Waals surface area contributed by atoms with Crippen LogP contribution < -0.4 is 10.1 Å². The van der Waals surface area contributed by atoms with Crippen molar-refractivity contribution in [1.29, 1.82) is 0 Å². The van der Waals surface area contributed by atoms with E-state index < -0.39 is 0 Å². The lowest BCUT2D eigenvalue weighted by atomic mass is 10.3. The molecule has 86 valence electrons. The van der Waals surface area contributed by atoms with Crippen LogP contribution in [0.15, 0.2) is 18.2 Å². The van der Waals surface area contributed by atoms with Crippen LogP contribution in [0.4, 0.5) is 0 Å². The van der Waals surface area contributed by atoms with Gasteiger partial charge in [-0.05, 0) is 19.1 Å². The molecule has 1 atom stereocenters. The first-order valence-electron chi connectivity index (χ1n) is 4.90. The highest BCUT2D eigenvalue weighted by Gasteiger charge is 2.09. The second kappa shape index (κ2) is 6.65. The first kappa shape index (κ1) is 13.2. The van der Waals surface area contributed by atoms with E-state index in [-0.39, 0.29) is 6.10 Å². The number of nitrogens with one attached hydrogen (secondary N) is 1. The lowest BCUT2D eigenvalue weighted by Crippen LogP contribution is -2.29. The van der Waals surface area contributed by atoms with E-state index in [1.807, 2.05) is 6.92 Å². The van der Waals surface area contributed by atoms with Crippen LogP contribution in [0.3, 0.4) is 0 Å². The summed E-state index contributed by atoms with van der Waals surface area (Å²) in [4.78, 5) is 0. The molecule has 0 saturated carbocycles. The molecule has 0 spiro atoms. The summed E-state index contributed by atoms with van der Waals surface area (Å²) in [6, 6.07) is 5.30. The lowest BCUT2D eigenvalue weighted by molar-refractivity contribution is 0.219. The SMILES string of the molecule is C#CCNCC(C)Oc1cccc(Cl)c1Cl. The topological polar surface area (TPSA) is 21.3 Å². The van der Waals surface area contributed by atoms with E-state index in [4.69, 9.17) is 34.4 Å². The van der Waals surface area contributed by atoms with Gasteiger partial charge in [-0.2, -0.15) is 0 Å². The molecule has 0 aliphatic carbocycles. The van der Waals surface area contributed by atoms with Gasteiger partial charge in [0, 0.05) is 6.54 Å². The Morgan fingerprint density at radius 1 is 1.50 bits per heavy atom. The van der Waals surface area contributed by atoms with Crippen molar-refractivity contribution < 1.29 is 4.74 Å². The Hall–Kier alpha value is -0.880. The first-order valence-corrected chi connectivity index (χ1v) is 5.65. The largest absolute Gasteiger partial charge is 0.488 e. The Kier molecular flexibility index (Phi) is 5.48. The molecule has 1 aromatic carbocycles. The third kappa shape index (κ3) is 3.94. The van der Waals surface area contributed by atoms with E-state index >= 15 is 0 Å². The number of hydrogen-bond acceptors (Lipinski definition) is 2. The van der Waals surface area contributed by atoms with E-state index in [9.17, 15) is 0 Å². The van der Waals surface area contributed by atoms with Crippen LogP contribution in [0.25, 0.3) is 0 Å². The molecular formula is C12H13Cl2NO. The van der Waals surface area contributed by atoms with Crippen LogP contribution in [-0.2, 0) is 0 Å². The summed E-state index contributed by atoms with van der Waals surface area (Å²) in [6.07, 6.45) is 5.10. The molecule has 1 rings (SSSR count). The highest BCUT2D eigenvalue weighted by atomic mass is 35.5. The normalized spacial score (nSPS) is 11.9. The summed E-state index contributed by atoms with van der Waals surface area (Å²) in [6.45, 7) is 3.12. The van der Waals surface area contributed by atoms with E-state index in [1.165, 1.54) is 0 Å². The summed E-state index contributed by atoms with van der Waals surface area (Å²) in [5.74, 6) is 3.08. The van der Waals surface area contributed by atoms with Crippen molar-refractivity contribution in [2.45, 2.75) is 13.0 Å². The fourth-order valence-electron chi connectivity index (χ4n) is 1.18. The number of rotatable bonds is 5. The Labute approximate surface area is 106 Å². The van der Waals surface area contributed by atoms with Gasteiger partial charge in [-0.1, -0.05) is 35.2 Å². The van der Waals surface area contributed by atoms with E-state index in [1.54, 1.807) is 18.2 Å². The average molecular weight is 258 g/mol. The molecule has 0 saturated heterocycles. The fourth-order valence-corrected chi connectivity index (χ4v) is 1.52. The van der Waals surface area contributed by atoms with Crippen molar-refractivity contribution >= 4 is 23.2 Å². The van der Waals surface area contributed by atoms with Gasteiger partial charge in [-0.15, -0.1) is 6.42 Å². The molecule has 0 radical (unpaired) electrons. The number of benzene rings is 1. The molecule has 1 N–H and O–H groups in total.